The van der Waals surface area contributed by atoms with Gasteiger partial charge in [0.15, 0.2) is 23.2 Å². The molecule has 188 valence electrons. The summed E-state index contributed by atoms with van der Waals surface area (Å²) in [7, 11) is 0. The first-order valence-electron chi connectivity index (χ1n) is 11.8. The number of rotatable bonds is 10. The molecule has 0 aliphatic heterocycles. The van der Waals surface area contributed by atoms with Gasteiger partial charge in [-0.25, -0.2) is 13.2 Å². The predicted octanol–water partition coefficient (Wildman–Crippen LogP) is 8.02. The molecule has 34 heavy (non-hydrogen) atoms. The van der Waals surface area contributed by atoms with Crippen molar-refractivity contribution in [3.63, 3.8) is 0 Å². The van der Waals surface area contributed by atoms with Crippen molar-refractivity contribution in [1.29, 1.82) is 0 Å². The van der Waals surface area contributed by atoms with Crippen LogP contribution >= 0.6 is 0 Å². The van der Waals surface area contributed by atoms with Crippen LogP contribution in [0.1, 0.15) is 75.0 Å². The van der Waals surface area contributed by atoms with Gasteiger partial charge in [-0.3, -0.25) is 0 Å². The Morgan fingerprint density at radius 3 is 2.21 bits per heavy atom. The largest absolute Gasteiger partial charge is 0.491 e. The highest BCUT2D eigenvalue weighted by Crippen LogP contribution is 2.41. The summed E-state index contributed by atoms with van der Waals surface area (Å²) in [6.45, 7) is 3.11. The zero-order valence-corrected chi connectivity index (χ0v) is 19.4. The molecule has 0 atom stereocenters. The van der Waals surface area contributed by atoms with E-state index in [1.165, 1.54) is 18.2 Å². The average Bonchev–Trinajstić information content (AvgIpc) is 2.81. The smallest absolute Gasteiger partial charge is 0.386 e. The number of ether oxygens (including phenoxy) is 2. The molecule has 0 spiro atoms. The number of hydrogen-bond donors (Lipinski definition) is 0. The Hall–Kier alpha value is -2.22. The number of benzene rings is 2. The molecule has 0 heterocycles. The van der Waals surface area contributed by atoms with E-state index >= 15 is 0 Å². The van der Waals surface area contributed by atoms with Gasteiger partial charge in [0.1, 0.15) is 0 Å². The second-order valence-electron chi connectivity index (χ2n) is 8.74. The number of alkyl halides is 2. The van der Waals surface area contributed by atoms with Crippen molar-refractivity contribution >= 4 is 0 Å². The molecule has 1 aliphatic carbocycles. The lowest BCUT2D eigenvalue weighted by molar-refractivity contribution is -0.250. The summed E-state index contributed by atoms with van der Waals surface area (Å²) in [5.41, 5.74) is -1.30. The molecule has 0 bridgehead atoms. The molecular weight excluding hydrogens is 458 g/mol. The molecule has 1 aliphatic rings. The van der Waals surface area contributed by atoms with Crippen LogP contribution in [0.15, 0.2) is 24.3 Å². The van der Waals surface area contributed by atoms with Gasteiger partial charge in [0, 0.05) is 0 Å². The van der Waals surface area contributed by atoms with Gasteiger partial charge in [-0.1, -0.05) is 31.9 Å². The van der Waals surface area contributed by atoms with Gasteiger partial charge < -0.3 is 9.47 Å². The Kier molecular flexibility index (Phi) is 8.90. The van der Waals surface area contributed by atoms with E-state index in [0.29, 0.717) is 18.8 Å². The molecule has 2 nitrogen and oxygen atoms in total. The third-order valence-corrected chi connectivity index (χ3v) is 6.49. The molecule has 1 fully saturated rings. The molecule has 2 aromatic carbocycles. The second kappa shape index (κ2) is 11.5. The lowest BCUT2D eigenvalue weighted by Gasteiger charge is -2.29. The van der Waals surface area contributed by atoms with Gasteiger partial charge in [-0.2, -0.15) is 13.2 Å². The molecular formula is C26H30F6O2. The van der Waals surface area contributed by atoms with Gasteiger partial charge in [-0.15, -0.1) is 0 Å². The summed E-state index contributed by atoms with van der Waals surface area (Å²) in [5.74, 6) is -5.29. The van der Waals surface area contributed by atoms with Crippen LogP contribution < -0.4 is 4.74 Å². The standard InChI is InChI=1S/C26H30F6O2/c1-3-5-16-6-8-17(9-7-16)19-11-12-20(24(29)23(19)28)26(31,32)34-15-14-18-10-13-21(33-4-2)25(30)22(18)27/h10-13,16-17H,3-9,14-15H2,1-2H3/t16-,17-. The fourth-order valence-electron chi connectivity index (χ4n) is 4.67. The first kappa shape index (κ1) is 26.4. The lowest BCUT2D eigenvalue weighted by atomic mass is 9.77. The number of hydrogen-bond acceptors (Lipinski definition) is 2. The highest BCUT2D eigenvalue weighted by molar-refractivity contribution is 5.32. The van der Waals surface area contributed by atoms with Crippen molar-refractivity contribution in [3.8, 4) is 5.75 Å². The summed E-state index contributed by atoms with van der Waals surface area (Å²) in [6.07, 6.45) is 0.833. The predicted molar refractivity (Wildman–Crippen MR) is 117 cm³/mol. The van der Waals surface area contributed by atoms with Crippen LogP contribution in [0.3, 0.4) is 0 Å². The first-order valence-corrected chi connectivity index (χ1v) is 11.8. The van der Waals surface area contributed by atoms with Gasteiger partial charge in [0.25, 0.3) is 0 Å². The fourth-order valence-corrected chi connectivity index (χ4v) is 4.67. The van der Waals surface area contributed by atoms with Gasteiger partial charge in [0.05, 0.1) is 18.8 Å². The van der Waals surface area contributed by atoms with Crippen LogP contribution in [0.2, 0.25) is 0 Å². The number of halogens is 6. The third kappa shape index (κ3) is 5.88. The van der Waals surface area contributed by atoms with Crippen LogP contribution in [-0.4, -0.2) is 13.2 Å². The summed E-state index contributed by atoms with van der Waals surface area (Å²) in [5, 5.41) is 0. The van der Waals surface area contributed by atoms with Crippen molar-refractivity contribution in [2.75, 3.05) is 13.2 Å². The topological polar surface area (TPSA) is 18.5 Å². The molecule has 2 aromatic rings. The molecule has 0 saturated heterocycles. The van der Waals surface area contributed by atoms with Crippen molar-refractivity contribution in [3.05, 3.63) is 64.2 Å². The van der Waals surface area contributed by atoms with Crippen LogP contribution in [0.4, 0.5) is 26.3 Å². The van der Waals surface area contributed by atoms with Gasteiger partial charge in [-0.05, 0) is 74.1 Å². The van der Waals surface area contributed by atoms with Crippen molar-refractivity contribution < 1.29 is 35.8 Å². The van der Waals surface area contributed by atoms with E-state index < -0.39 is 48.0 Å². The van der Waals surface area contributed by atoms with E-state index in [2.05, 4.69) is 11.7 Å². The Bertz CT molecular complexity index is 970. The van der Waals surface area contributed by atoms with E-state index in [4.69, 9.17) is 4.74 Å². The zero-order chi connectivity index (χ0) is 24.9. The Balaban J connectivity index is 1.66. The third-order valence-electron chi connectivity index (χ3n) is 6.49. The van der Waals surface area contributed by atoms with Crippen LogP contribution in [0.5, 0.6) is 5.75 Å². The van der Waals surface area contributed by atoms with E-state index in [-0.39, 0.29) is 29.4 Å². The summed E-state index contributed by atoms with van der Waals surface area (Å²) in [4.78, 5) is 0. The summed E-state index contributed by atoms with van der Waals surface area (Å²) in [6, 6.07) is 4.45. The molecule has 1 saturated carbocycles. The Labute approximate surface area is 196 Å². The highest BCUT2D eigenvalue weighted by atomic mass is 19.3. The second-order valence-corrected chi connectivity index (χ2v) is 8.74. The Morgan fingerprint density at radius 1 is 0.853 bits per heavy atom. The normalized spacial score (nSPS) is 18.8. The molecule has 0 aromatic heterocycles. The maximum Gasteiger partial charge on any atom is 0.386 e. The minimum Gasteiger partial charge on any atom is -0.491 e. The molecule has 3 rings (SSSR count). The van der Waals surface area contributed by atoms with E-state index in [0.717, 1.165) is 31.7 Å². The van der Waals surface area contributed by atoms with E-state index in [1.54, 1.807) is 6.92 Å². The monoisotopic (exact) mass is 488 g/mol. The van der Waals surface area contributed by atoms with Crippen molar-refractivity contribution in [2.45, 2.75) is 70.8 Å². The van der Waals surface area contributed by atoms with Crippen LogP contribution in [0, 0.1) is 29.2 Å². The van der Waals surface area contributed by atoms with Gasteiger partial charge in [0.2, 0.25) is 5.82 Å². The minimum atomic E-state index is -4.14. The van der Waals surface area contributed by atoms with Crippen molar-refractivity contribution in [1.82, 2.24) is 0 Å². The van der Waals surface area contributed by atoms with Gasteiger partial charge >= 0.3 is 6.11 Å². The highest BCUT2D eigenvalue weighted by Gasteiger charge is 2.38. The Morgan fingerprint density at radius 2 is 1.56 bits per heavy atom. The molecule has 0 N–H and O–H groups in total. The fraction of sp³-hybridized carbons (Fsp3) is 0.538. The van der Waals surface area contributed by atoms with E-state index in [1.807, 2.05) is 0 Å². The minimum absolute atomic E-state index is 0.110. The van der Waals surface area contributed by atoms with Crippen LogP contribution in [-0.2, 0) is 17.3 Å². The molecule has 8 heteroatoms. The quantitative estimate of drug-likeness (QED) is 0.315. The summed E-state index contributed by atoms with van der Waals surface area (Å²) < 4.78 is 96.0. The molecule has 0 amide bonds. The zero-order valence-electron chi connectivity index (χ0n) is 19.4. The molecule has 0 radical (unpaired) electrons. The average molecular weight is 489 g/mol. The van der Waals surface area contributed by atoms with Crippen LogP contribution in [0.25, 0.3) is 0 Å². The maximum atomic E-state index is 14.7. The SMILES string of the molecule is CCC[C@H]1CC[C@H](c2ccc(C(F)(F)OCCc3ccc(OCC)c(F)c3F)c(F)c2F)CC1. The summed E-state index contributed by atoms with van der Waals surface area (Å²) >= 11 is 0. The van der Waals surface area contributed by atoms with E-state index in [9.17, 15) is 26.3 Å². The first-order chi connectivity index (χ1) is 16.2. The van der Waals surface area contributed by atoms with Crippen molar-refractivity contribution in [2.24, 2.45) is 5.92 Å². The lowest BCUT2D eigenvalue weighted by Crippen LogP contribution is -2.23. The molecule has 0 unspecified atom stereocenters. The maximum absolute atomic E-state index is 14.7.